The van der Waals surface area contributed by atoms with Crippen LogP contribution in [-0.2, 0) is 4.74 Å². The van der Waals surface area contributed by atoms with Gasteiger partial charge in [-0.2, -0.15) is 0 Å². The summed E-state index contributed by atoms with van der Waals surface area (Å²) in [7, 11) is 0. The van der Waals surface area contributed by atoms with Gasteiger partial charge in [-0.15, -0.1) is 0 Å². The maximum absolute atomic E-state index is 9.01. The van der Waals surface area contributed by atoms with E-state index in [1.54, 1.807) is 0 Å². The van der Waals surface area contributed by atoms with Gasteiger partial charge < -0.3 is 9.84 Å². The van der Waals surface area contributed by atoms with Gasteiger partial charge in [0.2, 0.25) is 0 Å². The molecular weight excluding hydrogens is 190 g/mol. The lowest BCUT2D eigenvalue weighted by molar-refractivity contribution is -0.0309. The van der Waals surface area contributed by atoms with Gasteiger partial charge >= 0.3 is 0 Å². The van der Waals surface area contributed by atoms with Crippen LogP contribution >= 0.6 is 0 Å². The van der Waals surface area contributed by atoms with Gasteiger partial charge in [0.15, 0.2) is 0 Å². The van der Waals surface area contributed by atoms with Crippen molar-refractivity contribution < 1.29 is 9.84 Å². The summed E-state index contributed by atoms with van der Waals surface area (Å²) in [4.78, 5) is 2.39. The van der Waals surface area contributed by atoms with Crippen molar-refractivity contribution in [3.05, 3.63) is 0 Å². The molecule has 1 unspecified atom stereocenters. The number of hydrogen-bond donors (Lipinski definition) is 1. The van der Waals surface area contributed by atoms with Gasteiger partial charge in [0.05, 0.1) is 18.3 Å². The first-order valence-corrected chi connectivity index (χ1v) is 6.13. The first-order chi connectivity index (χ1) is 7.11. The third-order valence-corrected chi connectivity index (χ3v) is 3.44. The highest BCUT2D eigenvalue weighted by Crippen LogP contribution is 2.32. The number of ether oxygens (including phenoxy) is 1. The van der Waals surface area contributed by atoms with Crippen molar-refractivity contribution in [2.24, 2.45) is 0 Å². The smallest absolute Gasteiger partial charge is 0.0710 e. The average Bonchev–Trinajstić information content (AvgIpc) is 2.92. The average molecular weight is 213 g/mol. The molecule has 88 valence electrons. The Kier molecular flexibility index (Phi) is 3.33. The maximum atomic E-state index is 9.01. The fourth-order valence-electron chi connectivity index (χ4n) is 2.46. The van der Waals surface area contributed by atoms with Crippen LogP contribution in [0.3, 0.4) is 0 Å². The molecule has 0 amide bonds. The Morgan fingerprint density at radius 2 is 2.07 bits per heavy atom. The summed E-state index contributed by atoms with van der Waals surface area (Å²) in [5.41, 5.74) is 0.0686. The fourth-order valence-corrected chi connectivity index (χ4v) is 2.46. The minimum absolute atomic E-state index is 0.0686. The Morgan fingerprint density at radius 3 is 2.53 bits per heavy atom. The molecule has 1 N–H and O–H groups in total. The highest BCUT2D eigenvalue weighted by Gasteiger charge is 2.36. The molecule has 0 aromatic carbocycles. The lowest BCUT2D eigenvalue weighted by atomic mass is 10.1. The van der Waals surface area contributed by atoms with Gasteiger partial charge in [0, 0.05) is 19.1 Å². The first-order valence-electron chi connectivity index (χ1n) is 6.13. The molecule has 3 heteroatoms. The molecular formula is C12H23NO2. The zero-order chi connectivity index (χ0) is 10.9. The Morgan fingerprint density at radius 1 is 1.33 bits per heavy atom. The Labute approximate surface area is 92.4 Å². The predicted octanol–water partition coefficient (Wildman–Crippen LogP) is 1.40. The van der Waals surface area contributed by atoms with E-state index in [1.807, 2.05) is 0 Å². The van der Waals surface area contributed by atoms with Gasteiger partial charge in [-0.25, -0.2) is 0 Å². The molecule has 0 bridgehead atoms. The molecule has 1 saturated heterocycles. The SMILES string of the molecule is CC1(C)CCC(CN(CCO)C2CC2)O1. The van der Waals surface area contributed by atoms with Gasteiger partial charge in [-0.1, -0.05) is 0 Å². The first kappa shape index (κ1) is 11.4. The van der Waals surface area contributed by atoms with Gasteiger partial charge in [-0.05, 0) is 39.5 Å². The van der Waals surface area contributed by atoms with Crippen LogP contribution < -0.4 is 0 Å². The lowest BCUT2D eigenvalue weighted by Crippen LogP contribution is -2.37. The fraction of sp³-hybridized carbons (Fsp3) is 1.00. The maximum Gasteiger partial charge on any atom is 0.0710 e. The number of nitrogens with zero attached hydrogens (tertiary/aromatic N) is 1. The molecule has 1 aliphatic carbocycles. The van der Waals surface area contributed by atoms with Gasteiger partial charge in [0.1, 0.15) is 0 Å². The van der Waals surface area contributed by atoms with Gasteiger partial charge in [-0.3, -0.25) is 4.90 Å². The van der Waals surface area contributed by atoms with Crippen molar-refractivity contribution in [3.63, 3.8) is 0 Å². The standard InChI is InChI=1S/C12H23NO2/c1-12(2)6-5-11(15-12)9-13(7-8-14)10-3-4-10/h10-11,14H,3-9H2,1-2H3. The van der Waals surface area contributed by atoms with Crippen LogP contribution in [0.15, 0.2) is 0 Å². The van der Waals surface area contributed by atoms with E-state index in [2.05, 4.69) is 18.7 Å². The summed E-state index contributed by atoms with van der Waals surface area (Å²) in [5, 5.41) is 9.01. The molecule has 0 aromatic heterocycles. The topological polar surface area (TPSA) is 32.7 Å². The Balaban J connectivity index is 1.79. The summed E-state index contributed by atoms with van der Waals surface area (Å²) in [6, 6.07) is 0.726. The molecule has 1 atom stereocenters. The van der Waals surface area contributed by atoms with E-state index in [9.17, 15) is 0 Å². The normalized spacial score (nSPS) is 30.0. The van der Waals surface area contributed by atoms with E-state index in [4.69, 9.17) is 9.84 Å². The summed E-state index contributed by atoms with van der Waals surface area (Å²) in [6.07, 6.45) is 5.32. The van der Waals surface area contributed by atoms with Crippen molar-refractivity contribution in [1.82, 2.24) is 4.90 Å². The molecule has 0 radical (unpaired) electrons. The number of rotatable bonds is 5. The molecule has 1 saturated carbocycles. The molecule has 1 aliphatic heterocycles. The number of hydrogen-bond acceptors (Lipinski definition) is 3. The zero-order valence-electron chi connectivity index (χ0n) is 9.91. The molecule has 15 heavy (non-hydrogen) atoms. The van der Waals surface area contributed by atoms with Crippen molar-refractivity contribution in [3.8, 4) is 0 Å². The van der Waals surface area contributed by atoms with Crippen LogP contribution in [0.25, 0.3) is 0 Å². The summed E-state index contributed by atoms with van der Waals surface area (Å²) in [5.74, 6) is 0. The third kappa shape index (κ3) is 3.16. The Hall–Kier alpha value is -0.120. The monoisotopic (exact) mass is 213 g/mol. The van der Waals surface area contributed by atoms with Crippen LogP contribution in [0.5, 0.6) is 0 Å². The molecule has 2 fully saturated rings. The zero-order valence-corrected chi connectivity index (χ0v) is 9.91. The van der Waals surface area contributed by atoms with Gasteiger partial charge in [0.25, 0.3) is 0 Å². The van der Waals surface area contributed by atoms with E-state index in [0.717, 1.165) is 25.6 Å². The predicted molar refractivity (Wildman–Crippen MR) is 59.9 cm³/mol. The van der Waals surface area contributed by atoms with E-state index < -0.39 is 0 Å². The Bertz CT molecular complexity index is 214. The number of aliphatic hydroxyl groups excluding tert-OH is 1. The van der Waals surface area contributed by atoms with Crippen LogP contribution in [0.4, 0.5) is 0 Å². The summed E-state index contributed by atoms with van der Waals surface area (Å²) in [6.45, 7) is 6.42. The second-order valence-corrected chi connectivity index (χ2v) is 5.49. The summed E-state index contributed by atoms with van der Waals surface area (Å²) >= 11 is 0. The van der Waals surface area contributed by atoms with Crippen LogP contribution in [-0.4, -0.2) is 47.4 Å². The van der Waals surface area contributed by atoms with Crippen LogP contribution in [0, 0.1) is 0 Å². The largest absolute Gasteiger partial charge is 0.395 e. The van der Waals surface area contributed by atoms with Crippen molar-refractivity contribution >= 4 is 0 Å². The highest BCUT2D eigenvalue weighted by molar-refractivity contribution is 4.88. The minimum atomic E-state index is 0.0686. The van der Waals surface area contributed by atoms with E-state index in [0.29, 0.717) is 6.10 Å². The molecule has 2 aliphatic rings. The number of aliphatic hydroxyl groups is 1. The second-order valence-electron chi connectivity index (χ2n) is 5.49. The quantitative estimate of drug-likeness (QED) is 0.749. The van der Waals surface area contributed by atoms with Crippen molar-refractivity contribution in [2.75, 3.05) is 19.7 Å². The van der Waals surface area contributed by atoms with Crippen LogP contribution in [0.1, 0.15) is 39.5 Å². The van der Waals surface area contributed by atoms with E-state index >= 15 is 0 Å². The highest BCUT2D eigenvalue weighted by atomic mass is 16.5. The van der Waals surface area contributed by atoms with Crippen molar-refractivity contribution in [2.45, 2.75) is 57.3 Å². The lowest BCUT2D eigenvalue weighted by Gasteiger charge is -2.26. The third-order valence-electron chi connectivity index (χ3n) is 3.44. The summed E-state index contributed by atoms with van der Waals surface area (Å²) < 4.78 is 5.98. The van der Waals surface area contributed by atoms with E-state index in [-0.39, 0.29) is 12.2 Å². The molecule has 0 aromatic rings. The molecule has 1 heterocycles. The van der Waals surface area contributed by atoms with Crippen molar-refractivity contribution in [1.29, 1.82) is 0 Å². The minimum Gasteiger partial charge on any atom is -0.395 e. The van der Waals surface area contributed by atoms with Crippen LogP contribution in [0.2, 0.25) is 0 Å². The second kappa shape index (κ2) is 4.40. The molecule has 2 rings (SSSR count). The molecule has 3 nitrogen and oxygen atoms in total. The molecule has 0 spiro atoms. The van der Waals surface area contributed by atoms with E-state index in [1.165, 1.54) is 19.3 Å².